The first-order valence-corrected chi connectivity index (χ1v) is 4.86. The van der Waals surface area contributed by atoms with E-state index in [9.17, 15) is 0 Å². The molecule has 0 aromatic heterocycles. The Hall–Kier alpha value is -1.30. The van der Waals surface area contributed by atoms with Gasteiger partial charge in [0, 0.05) is 0 Å². The topological polar surface area (TPSA) is 0 Å². The highest BCUT2D eigenvalue weighted by atomic mass is 14.2. The van der Waals surface area contributed by atoms with Crippen LogP contribution in [0.1, 0.15) is 31.9 Å². The van der Waals surface area contributed by atoms with Crippen LogP contribution in [0.25, 0.3) is 6.08 Å². The molecule has 0 bridgehead atoms. The van der Waals surface area contributed by atoms with Crippen molar-refractivity contribution < 1.29 is 0 Å². The van der Waals surface area contributed by atoms with E-state index >= 15 is 0 Å². The fourth-order valence-electron chi connectivity index (χ4n) is 1.26. The summed E-state index contributed by atoms with van der Waals surface area (Å²) >= 11 is 0. The lowest BCUT2D eigenvalue weighted by Gasteiger charge is -2.18. The zero-order valence-electron chi connectivity index (χ0n) is 9.12. The van der Waals surface area contributed by atoms with Gasteiger partial charge in [-0.2, -0.15) is 0 Å². The standard InChI is InChI=1S/C14H17/c1-5-6-7-12-8-10-13(11-9-12)14(2,3)4/h1,5-11H,2-4H3. The average molecular weight is 185 g/mol. The zero-order chi connectivity index (χ0) is 10.6. The van der Waals surface area contributed by atoms with Crippen LogP contribution in [0.4, 0.5) is 0 Å². The molecule has 0 aliphatic carbocycles. The second-order valence-corrected chi connectivity index (χ2v) is 4.42. The summed E-state index contributed by atoms with van der Waals surface area (Å²) in [5, 5.41) is 0. The van der Waals surface area contributed by atoms with E-state index in [4.69, 9.17) is 6.58 Å². The van der Waals surface area contributed by atoms with Gasteiger partial charge in [-0.1, -0.05) is 69.8 Å². The van der Waals surface area contributed by atoms with Crippen LogP contribution < -0.4 is 0 Å². The minimum atomic E-state index is 0.224. The maximum Gasteiger partial charge on any atom is -0.0132 e. The average Bonchev–Trinajstić information content (AvgIpc) is 2.14. The molecule has 14 heavy (non-hydrogen) atoms. The van der Waals surface area contributed by atoms with Crippen LogP contribution in [-0.2, 0) is 5.41 Å². The van der Waals surface area contributed by atoms with Gasteiger partial charge in [0.25, 0.3) is 0 Å². The molecule has 73 valence electrons. The molecule has 0 N–H and O–H groups in total. The molecule has 1 rings (SSSR count). The summed E-state index contributed by atoms with van der Waals surface area (Å²) in [5.74, 6) is 0. The summed E-state index contributed by atoms with van der Waals surface area (Å²) < 4.78 is 0. The summed E-state index contributed by atoms with van der Waals surface area (Å²) in [6, 6.07) is 8.55. The van der Waals surface area contributed by atoms with E-state index < -0.39 is 0 Å². The highest BCUT2D eigenvalue weighted by Gasteiger charge is 2.12. The summed E-state index contributed by atoms with van der Waals surface area (Å²) in [7, 11) is 0. The molecule has 1 aromatic carbocycles. The summed E-state index contributed by atoms with van der Waals surface area (Å²) in [4.78, 5) is 0. The Morgan fingerprint density at radius 2 is 1.64 bits per heavy atom. The zero-order valence-corrected chi connectivity index (χ0v) is 9.12. The summed E-state index contributed by atoms with van der Waals surface area (Å²) in [5.41, 5.74) is 2.76. The largest absolute Gasteiger partial charge is 0.0623 e. The van der Waals surface area contributed by atoms with Gasteiger partial charge in [0.1, 0.15) is 0 Å². The molecule has 0 atom stereocenters. The monoisotopic (exact) mass is 185 g/mol. The van der Waals surface area contributed by atoms with Crippen LogP contribution in [0, 0.1) is 6.58 Å². The van der Waals surface area contributed by atoms with Crippen LogP contribution in [0.15, 0.2) is 36.4 Å². The minimum Gasteiger partial charge on any atom is -0.0623 e. The Morgan fingerprint density at radius 1 is 1.07 bits per heavy atom. The Morgan fingerprint density at radius 3 is 2.07 bits per heavy atom. The Balaban J connectivity index is 2.89. The molecule has 0 amide bonds. The third-order valence-electron chi connectivity index (χ3n) is 2.18. The molecular formula is C14H17. The van der Waals surface area contributed by atoms with E-state index in [1.165, 1.54) is 17.2 Å². The number of allylic oxidation sites excluding steroid dienone is 2. The molecule has 0 saturated carbocycles. The predicted octanol–water partition coefficient (Wildman–Crippen LogP) is 3.99. The lowest BCUT2D eigenvalue weighted by molar-refractivity contribution is 0.590. The fraction of sp³-hybridized carbons (Fsp3) is 0.286. The van der Waals surface area contributed by atoms with Crippen LogP contribution in [0.5, 0.6) is 0 Å². The third kappa shape index (κ3) is 2.88. The van der Waals surface area contributed by atoms with Crippen LogP contribution in [-0.4, -0.2) is 0 Å². The van der Waals surface area contributed by atoms with Crippen LogP contribution in [0.3, 0.4) is 0 Å². The number of hydrogen-bond donors (Lipinski definition) is 0. The van der Waals surface area contributed by atoms with E-state index in [-0.39, 0.29) is 5.41 Å². The van der Waals surface area contributed by atoms with E-state index in [1.807, 2.05) is 12.2 Å². The van der Waals surface area contributed by atoms with Crippen molar-refractivity contribution >= 4 is 6.08 Å². The lowest BCUT2D eigenvalue weighted by atomic mass is 9.87. The maximum absolute atomic E-state index is 5.26. The second-order valence-electron chi connectivity index (χ2n) is 4.42. The number of benzene rings is 1. The molecule has 1 aromatic rings. The van der Waals surface area contributed by atoms with Crippen molar-refractivity contribution in [3.63, 3.8) is 0 Å². The predicted molar refractivity (Wildman–Crippen MR) is 63.0 cm³/mol. The quantitative estimate of drug-likeness (QED) is 0.611. The Labute approximate surface area is 87.0 Å². The number of rotatable bonds is 2. The van der Waals surface area contributed by atoms with Crippen molar-refractivity contribution in [2.75, 3.05) is 0 Å². The Bertz CT molecular complexity index is 320. The normalized spacial score (nSPS) is 11.9. The Kier molecular flexibility index (Phi) is 3.29. The van der Waals surface area contributed by atoms with Gasteiger partial charge in [0.15, 0.2) is 0 Å². The maximum atomic E-state index is 5.26. The van der Waals surface area contributed by atoms with Gasteiger partial charge < -0.3 is 0 Å². The van der Waals surface area contributed by atoms with Crippen molar-refractivity contribution in [3.8, 4) is 0 Å². The summed E-state index contributed by atoms with van der Waals surface area (Å²) in [6.45, 7) is 11.9. The highest BCUT2D eigenvalue weighted by Crippen LogP contribution is 2.22. The molecule has 0 aliphatic rings. The van der Waals surface area contributed by atoms with Gasteiger partial charge in [-0.15, -0.1) is 0 Å². The summed E-state index contributed by atoms with van der Waals surface area (Å²) in [6.07, 6.45) is 5.37. The molecule has 0 spiro atoms. The minimum absolute atomic E-state index is 0.224. The molecule has 0 heterocycles. The van der Waals surface area contributed by atoms with Gasteiger partial charge in [0.05, 0.1) is 0 Å². The smallest absolute Gasteiger partial charge is 0.0132 e. The number of hydrogen-bond acceptors (Lipinski definition) is 0. The molecule has 0 unspecified atom stereocenters. The van der Waals surface area contributed by atoms with Crippen molar-refractivity contribution in [2.45, 2.75) is 26.2 Å². The lowest BCUT2D eigenvalue weighted by Crippen LogP contribution is -2.10. The van der Waals surface area contributed by atoms with Crippen LogP contribution >= 0.6 is 0 Å². The second kappa shape index (κ2) is 4.28. The van der Waals surface area contributed by atoms with E-state index in [0.29, 0.717) is 0 Å². The van der Waals surface area contributed by atoms with E-state index in [0.717, 1.165) is 0 Å². The van der Waals surface area contributed by atoms with Gasteiger partial charge in [-0.25, -0.2) is 0 Å². The highest BCUT2D eigenvalue weighted by molar-refractivity contribution is 5.51. The fourth-order valence-corrected chi connectivity index (χ4v) is 1.26. The van der Waals surface area contributed by atoms with Gasteiger partial charge >= 0.3 is 0 Å². The first-order chi connectivity index (χ1) is 6.54. The van der Waals surface area contributed by atoms with Crippen molar-refractivity contribution in [2.24, 2.45) is 0 Å². The van der Waals surface area contributed by atoms with Gasteiger partial charge in [-0.3, -0.25) is 0 Å². The first-order valence-electron chi connectivity index (χ1n) is 4.86. The molecule has 0 fully saturated rings. The molecule has 0 saturated heterocycles. The molecule has 1 radical (unpaired) electrons. The van der Waals surface area contributed by atoms with Crippen molar-refractivity contribution in [1.29, 1.82) is 0 Å². The molecule has 0 nitrogen and oxygen atoms in total. The van der Waals surface area contributed by atoms with Crippen molar-refractivity contribution in [3.05, 3.63) is 54.1 Å². The van der Waals surface area contributed by atoms with Crippen molar-refractivity contribution in [1.82, 2.24) is 0 Å². The van der Waals surface area contributed by atoms with Gasteiger partial charge in [-0.05, 0) is 16.5 Å². The first kappa shape index (κ1) is 10.8. The van der Waals surface area contributed by atoms with Crippen LogP contribution in [0.2, 0.25) is 0 Å². The molecule has 0 heteroatoms. The van der Waals surface area contributed by atoms with Gasteiger partial charge in [0.2, 0.25) is 0 Å². The molecular weight excluding hydrogens is 168 g/mol. The third-order valence-corrected chi connectivity index (χ3v) is 2.18. The molecule has 0 aliphatic heterocycles. The van der Waals surface area contributed by atoms with E-state index in [2.05, 4.69) is 45.0 Å². The van der Waals surface area contributed by atoms with E-state index in [1.54, 1.807) is 0 Å². The SMILES string of the molecule is [CH]=CC=Cc1ccc(C(C)(C)C)cc1.